The van der Waals surface area contributed by atoms with E-state index in [1.807, 2.05) is 6.92 Å². The summed E-state index contributed by atoms with van der Waals surface area (Å²) >= 11 is 1.33. The van der Waals surface area contributed by atoms with Crippen LogP contribution in [0.3, 0.4) is 0 Å². The van der Waals surface area contributed by atoms with Gasteiger partial charge < -0.3 is 4.84 Å². The molecule has 0 radical (unpaired) electrons. The van der Waals surface area contributed by atoms with E-state index in [2.05, 4.69) is 4.84 Å². The Morgan fingerprint density at radius 1 is 1.19 bits per heavy atom. The fourth-order valence-electron chi connectivity index (χ4n) is 1.66. The van der Waals surface area contributed by atoms with Gasteiger partial charge in [0.25, 0.3) is 11.8 Å². The highest BCUT2D eigenvalue weighted by Crippen LogP contribution is 2.13. The third-order valence-corrected chi connectivity index (χ3v) is 5.80. The van der Waals surface area contributed by atoms with Crippen molar-refractivity contribution in [2.75, 3.05) is 23.0 Å². The lowest BCUT2D eigenvalue weighted by Crippen LogP contribution is -2.32. The van der Waals surface area contributed by atoms with Gasteiger partial charge in [-0.05, 0) is 6.42 Å². The van der Waals surface area contributed by atoms with Crippen LogP contribution in [0.1, 0.15) is 32.6 Å². The topological polar surface area (TPSA) is 97.8 Å². The Labute approximate surface area is 128 Å². The van der Waals surface area contributed by atoms with Gasteiger partial charge in [-0.3, -0.25) is 9.59 Å². The number of amides is 2. The summed E-state index contributed by atoms with van der Waals surface area (Å²) in [5.74, 6) is -0.618. The van der Waals surface area contributed by atoms with Crippen LogP contribution in [0.25, 0.3) is 0 Å². The number of thioether (sulfide) groups is 1. The molecular weight excluding hydrogens is 318 g/mol. The Kier molecular flexibility index (Phi) is 7.16. The first kappa shape index (κ1) is 18.0. The molecule has 9 heteroatoms. The molecule has 0 atom stereocenters. The fourth-order valence-corrected chi connectivity index (χ4v) is 4.49. The lowest BCUT2D eigenvalue weighted by atomic mass is 10.4. The molecule has 0 saturated carbocycles. The van der Waals surface area contributed by atoms with E-state index >= 15 is 0 Å². The van der Waals surface area contributed by atoms with Gasteiger partial charge in [0.2, 0.25) is 0 Å². The van der Waals surface area contributed by atoms with Crippen molar-refractivity contribution in [1.29, 1.82) is 0 Å². The number of hydrogen-bond donors (Lipinski definition) is 0. The number of carbonyl (C=O) groups is 3. The van der Waals surface area contributed by atoms with Gasteiger partial charge in [0, 0.05) is 30.1 Å². The van der Waals surface area contributed by atoms with E-state index in [0.29, 0.717) is 23.0 Å². The van der Waals surface area contributed by atoms with Crippen molar-refractivity contribution < 1.29 is 27.6 Å². The average molecular weight is 337 g/mol. The van der Waals surface area contributed by atoms with Gasteiger partial charge in [-0.2, -0.15) is 11.8 Å². The largest absolute Gasteiger partial charge is 0.334 e. The zero-order valence-corrected chi connectivity index (χ0v) is 13.5. The number of nitrogens with zero attached hydrogens (tertiary/aromatic N) is 1. The minimum Gasteiger partial charge on any atom is -0.330 e. The smallest absolute Gasteiger partial charge is 0.330 e. The minimum absolute atomic E-state index is 0.0234. The molecule has 0 bridgehead atoms. The molecule has 0 unspecified atom stereocenters. The molecule has 1 heterocycles. The number of hydrogen-bond acceptors (Lipinski definition) is 7. The second kappa shape index (κ2) is 8.38. The fraction of sp³-hybridized carbons (Fsp3) is 0.750. The lowest BCUT2D eigenvalue weighted by Gasteiger charge is -2.12. The number of rotatable bonds is 9. The van der Waals surface area contributed by atoms with Crippen molar-refractivity contribution in [3.8, 4) is 0 Å². The van der Waals surface area contributed by atoms with Crippen LogP contribution in [0.2, 0.25) is 0 Å². The van der Waals surface area contributed by atoms with Crippen LogP contribution < -0.4 is 0 Å². The SMILES string of the molecule is CCCS(=O)(=O)CCSCCC(=O)ON1C(=O)CCC1=O. The highest BCUT2D eigenvalue weighted by Gasteiger charge is 2.32. The van der Waals surface area contributed by atoms with Crippen LogP contribution in [0, 0.1) is 0 Å². The Morgan fingerprint density at radius 2 is 1.81 bits per heavy atom. The molecule has 1 rings (SSSR count). The van der Waals surface area contributed by atoms with Gasteiger partial charge in [-0.15, -0.1) is 5.06 Å². The number of sulfone groups is 1. The zero-order valence-electron chi connectivity index (χ0n) is 11.9. The Hall–Kier alpha value is -1.09. The van der Waals surface area contributed by atoms with Crippen LogP contribution >= 0.6 is 11.8 Å². The Bertz CT molecular complexity index is 486. The average Bonchev–Trinajstić information content (AvgIpc) is 2.70. The second-order valence-corrected chi connectivity index (χ2v) is 8.09. The molecule has 120 valence electrons. The molecule has 0 N–H and O–H groups in total. The molecule has 0 aliphatic carbocycles. The number of imide groups is 1. The minimum atomic E-state index is -3.00. The quantitative estimate of drug-likeness (QED) is 0.447. The second-order valence-electron chi connectivity index (χ2n) is 4.56. The van der Waals surface area contributed by atoms with Crippen molar-refractivity contribution >= 4 is 39.4 Å². The zero-order chi connectivity index (χ0) is 15.9. The monoisotopic (exact) mass is 337 g/mol. The van der Waals surface area contributed by atoms with E-state index in [0.717, 1.165) is 0 Å². The molecule has 21 heavy (non-hydrogen) atoms. The summed E-state index contributed by atoms with van der Waals surface area (Å²) in [6.07, 6.45) is 0.749. The van der Waals surface area contributed by atoms with Crippen LogP contribution in [0.4, 0.5) is 0 Å². The molecule has 1 aliphatic heterocycles. The first-order chi connectivity index (χ1) is 9.85. The van der Waals surface area contributed by atoms with Gasteiger partial charge >= 0.3 is 5.97 Å². The molecule has 0 aromatic carbocycles. The van der Waals surface area contributed by atoms with Gasteiger partial charge in [0.05, 0.1) is 12.2 Å². The number of hydroxylamine groups is 2. The van der Waals surface area contributed by atoms with E-state index in [4.69, 9.17) is 0 Å². The van der Waals surface area contributed by atoms with E-state index in [-0.39, 0.29) is 30.8 Å². The van der Waals surface area contributed by atoms with Crippen molar-refractivity contribution in [2.45, 2.75) is 32.6 Å². The molecule has 7 nitrogen and oxygen atoms in total. The summed E-state index contributed by atoms with van der Waals surface area (Å²) in [5, 5.41) is 0.513. The van der Waals surface area contributed by atoms with Gasteiger partial charge in [0.15, 0.2) is 9.84 Å². The molecule has 2 amide bonds. The predicted molar refractivity (Wildman–Crippen MR) is 78.1 cm³/mol. The first-order valence-corrected chi connectivity index (χ1v) is 9.68. The van der Waals surface area contributed by atoms with Crippen molar-refractivity contribution in [3.63, 3.8) is 0 Å². The standard InChI is InChI=1S/C12H19NO6S2/c1-2-8-21(17,18)9-7-20-6-5-12(16)19-13-10(14)3-4-11(13)15/h2-9H2,1H3. The highest BCUT2D eigenvalue weighted by molar-refractivity contribution is 8.00. The maximum atomic E-state index is 11.5. The van der Waals surface area contributed by atoms with Crippen LogP contribution in [0.15, 0.2) is 0 Å². The maximum absolute atomic E-state index is 11.5. The third kappa shape index (κ3) is 6.47. The normalized spacial score (nSPS) is 15.6. The van der Waals surface area contributed by atoms with Gasteiger partial charge in [0.1, 0.15) is 0 Å². The van der Waals surface area contributed by atoms with Crippen molar-refractivity contribution in [3.05, 3.63) is 0 Å². The summed E-state index contributed by atoms with van der Waals surface area (Å²) in [4.78, 5) is 38.6. The maximum Gasteiger partial charge on any atom is 0.334 e. The molecule has 1 saturated heterocycles. The lowest BCUT2D eigenvalue weighted by molar-refractivity contribution is -0.197. The van der Waals surface area contributed by atoms with Crippen LogP contribution in [-0.4, -0.2) is 54.3 Å². The summed E-state index contributed by atoms with van der Waals surface area (Å²) in [5.41, 5.74) is 0. The Balaban J connectivity index is 2.17. The Morgan fingerprint density at radius 3 is 2.38 bits per heavy atom. The van der Waals surface area contributed by atoms with Crippen LogP contribution in [-0.2, 0) is 29.1 Å². The summed E-state index contributed by atoms with van der Waals surface area (Å²) < 4.78 is 22.9. The van der Waals surface area contributed by atoms with Gasteiger partial charge in [-0.25, -0.2) is 13.2 Å². The van der Waals surface area contributed by atoms with E-state index in [1.165, 1.54) is 11.8 Å². The predicted octanol–water partition coefficient (Wildman–Crippen LogP) is 0.542. The van der Waals surface area contributed by atoms with Crippen LogP contribution in [0.5, 0.6) is 0 Å². The summed E-state index contributed by atoms with van der Waals surface area (Å²) in [7, 11) is -3.00. The summed E-state index contributed by atoms with van der Waals surface area (Å²) in [6.45, 7) is 1.81. The molecular formula is C12H19NO6S2. The van der Waals surface area contributed by atoms with E-state index < -0.39 is 27.6 Å². The highest BCUT2D eigenvalue weighted by atomic mass is 32.2. The molecule has 0 spiro atoms. The van der Waals surface area contributed by atoms with E-state index in [9.17, 15) is 22.8 Å². The first-order valence-electron chi connectivity index (χ1n) is 6.70. The summed E-state index contributed by atoms with van der Waals surface area (Å²) in [6, 6.07) is 0. The molecule has 1 aliphatic rings. The van der Waals surface area contributed by atoms with Crippen molar-refractivity contribution in [2.24, 2.45) is 0 Å². The van der Waals surface area contributed by atoms with Crippen molar-refractivity contribution in [1.82, 2.24) is 5.06 Å². The molecule has 0 aromatic heterocycles. The van der Waals surface area contributed by atoms with Gasteiger partial charge in [-0.1, -0.05) is 6.92 Å². The third-order valence-electron chi connectivity index (χ3n) is 2.70. The molecule has 0 aromatic rings. The number of carbonyl (C=O) groups excluding carboxylic acids is 3. The van der Waals surface area contributed by atoms with E-state index in [1.54, 1.807) is 0 Å². The molecule has 1 fully saturated rings.